The summed E-state index contributed by atoms with van der Waals surface area (Å²) in [7, 11) is 0. The molecule has 1 aliphatic heterocycles. The molecule has 1 aliphatic rings. The van der Waals surface area contributed by atoms with Crippen molar-refractivity contribution >= 4 is 11.9 Å². The SMILES string of the molecule is CCCC1(C(=O)NC(C)(CC)C(=O)O)CCNC1. The number of carboxylic acid groups (broad SMARTS) is 1. The number of carbonyl (C=O) groups excluding carboxylic acids is 1. The standard InChI is InChI=1S/C13H24N2O3/c1-4-6-13(7-8-14-9-13)10(16)15-12(3,5-2)11(17)18/h14H,4-9H2,1-3H3,(H,15,16)(H,17,18). The Labute approximate surface area is 108 Å². The maximum atomic E-state index is 12.4. The van der Waals surface area contributed by atoms with Crippen molar-refractivity contribution in [2.24, 2.45) is 5.41 Å². The molecule has 1 fully saturated rings. The molecular formula is C13H24N2O3. The van der Waals surface area contributed by atoms with Crippen molar-refractivity contribution in [1.82, 2.24) is 10.6 Å². The number of nitrogens with one attached hydrogen (secondary N) is 2. The summed E-state index contributed by atoms with van der Waals surface area (Å²) >= 11 is 0. The molecule has 0 aliphatic carbocycles. The van der Waals surface area contributed by atoms with Gasteiger partial charge in [0.05, 0.1) is 5.41 Å². The minimum atomic E-state index is -1.17. The Morgan fingerprint density at radius 2 is 2.11 bits per heavy atom. The number of carbonyl (C=O) groups is 2. The van der Waals surface area contributed by atoms with Crippen LogP contribution in [0.5, 0.6) is 0 Å². The first kappa shape index (κ1) is 15.0. The summed E-state index contributed by atoms with van der Waals surface area (Å²) in [4.78, 5) is 23.7. The van der Waals surface area contributed by atoms with E-state index in [4.69, 9.17) is 0 Å². The first-order valence-corrected chi connectivity index (χ1v) is 6.67. The lowest BCUT2D eigenvalue weighted by Crippen LogP contribution is -2.56. The third kappa shape index (κ3) is 2.83. The smallest absolute Gasteiger partial charge is 0.329 e. The van der Waals surface area contributed by atoms with Crippen LogP contribution in [0.2, 0.25) is 0 Å². The fraction of sp³-hybridized carbons (Fsp3) is 0.846. The van der Waals surface area contributed by atoms with Gasteiger partial charge in [-0.3, -0.25) is 4.79 Å². The second kappa shape index (κ2) is 5.69. The molecule has 5 heteroatoms. The van der Waals surface area contributed by atoms with Crippen LogP contribution in [0.4, 0.5) is 0 Å². The zero-order chi connectivity index (χ0) is 13.8. The molecule has 0 spiro atoms. The molecule has 0 aromatic rings. The molecule has 3 N–H and O–H groups in total. The van der Waals surface area contributed by atoms with Crippen LogP contribution in [0.1, 0.15) is 46.5 Å². The summed E-state index contributed by atoms with van der Waals surface area (Å²) in [5, 5.41) is 15.1. The van der Waals surface area contributed by atoms with Crippen molar-refractivity contribution in [1.29, 1.82) is 0 Å². The summed E-state index contributed by atoms with van der Waals surface area (Å²) in [5.41, 5.74) is -1.60. The van der Waals surface area contributed by atoms with Crippen LogP contribution < -0.4 is 10.6 Å². The molecule has 1 heterocycles. The highest BCUT2D eigenvalue weighted by Gasteiger charge is 2.44. The van der Waals surface area contributed by atoms with Crippen LogP contribution in [0, 0.1) is 5.41 Å². The predicted molar refractivity (Wildman–Crippen MR) is 69.3 cm³/mol. The van der Waals surface area contributed by atoms with Crippen LogP contribution in [0.25, 0.3) is 0 Å². The predicted octanol–water partition coefficient (Wildman–Crippen LogP) is 1.14. The molecule has 2 unspecified atom stereocenters. The Kier molecular flexibility index (Phi) is 4.73. The molecule has 0 aromatic heterocycles. The van der Waals surface area contributed by atoms with Gasteiger partial charge in [-0.1, -0.05) is 20.3 Å². The maximum absolute atomic E-state index is 12.4. The molecule has 0 aromatic carbocycles. The number of amides is 1. The Morgan fingerprint density at radius 3 is 2.50 bits per heavy atom. The van der Waals surface area contributed by atoms with Crippen molar-refractivity contribution in [2.75, 3.05) is 13.1 Å². The number of hydrogen-bond donors (Lipinski definition) is 3. The van der Waals surface area contributed by atoms with Gasteiger partial charge in [-0.2, -0.15) is 0 Å². The van der Waals surface area contributed by atoms with Gasteiger partial charge < -0.3 is 15.7 Å². The molecule has 0 saturated carbocycles. The second-order valence-corrected chi connectivity index (χ2v) is 5.40. The van der Waals surface area contributed by atoms with E-state index in [-0.39, 0.29) is 5.91 Å². The first-order valence-electron chi connectivity index (χ1n) is 6.67. The molecule has 1 rings (SSSR count). The minimum Gasteiger partial charge on any atom is -0.480 e. The average Bonchev–Trinajstić information content (AvgIpc) is 2.79. The Morgan fingerprint density at radius 1 is 1.44 bits per heavy atom. The molecule has 1 amide bonds. The van der Waals surface area contributed by atoms with Crippen LogP contribution in [0.15, 0.2) is 0 Å². The third-order valence-electron chi connectivity index (χ3n) is 4.02. The van der Waals surface area contributed by atoms with E-state index in [1.165, 1.54) is 0 Å². The normalized spacial score (nSPS) is 26.6. The quantitative estimate of drug-likeness (QED) is 0.666. The highest BCUT2D eigenvalue weighted by Crippen LogP contribution is 2.32. The van der Waals surface area contributed by atoms with Crippen LogP contribution in [-0.2, 0) is 9.59 Å². The topological polar surface area (TPSA) is 78.4 Å². The molecule has 0 bridgehead atoms. The third-order valence-corrected chi connectivity index (χ3v) is 4.02. The molecule has 104 valence electrons. The van der Waals surface area contributed by atoms with Crippen molar-refractivity contribution in [2.45, 2.75) is 52.0 Å². The van der Waals surface area contributed by atoms with Crippen molar-refractivity contribution in [3.05, 3.63) is 0 Å². The summed E-state index contributed by atoms with van der Waals surface area (Å²) in [5.74, 6) is -1.10. The van der Waals surface area contributed by atoms with Crippen molar-refractivity contribution < 1.29 is 14.7 Å². The van der Waals surface area contributed by atoms with E-state index in [1.807, 2.05) is 6.92 Å². The summed E-state index contributed by atoms with van der Waals surface area (Å²) < 4.78 is 0. The Hall–Kier alpha value is -1.10. The van der Waals surface area contributed by atoms with Gasteiger partial charge in [-0.15, -0.1) is 0 Å². The van der Waals surface area contributed by atoms with Crippen LogP contribution in [-0.4, -0.2) is 35.6 Å². The van der Waals surface area contributed by atoms with Gasteiger partial charge in [0.2, 0.25) is 5.91 Å². The zero-order valence-corrected chi connectivity index (χ0v) is 11.5. The van der Waals surface area contributed by atoms with Crippen LogP contribution >= 0.6 is 0 Å². The number of carboxylic acids is 1. The molecule has 1 saturated heterocycles. The maximum Gasteiger partial charge on any atom is 0.329 e. The highest BCUT2D eigenvalue weighted by molar-refractivity contribution is 5.90. The zero-order valence-electron chi connectivity index (χ0n) is 11.5. The lowest BCUT2D eigenvalue weighted by Gasteiger charge is -2.32. The molecule has 5 nitrogen and oxygen atoms in total. The van der Waals surface area contributed by atoms with Gasteiger partial charge in [0.15, 0.2) is 0 Å². The van der Waals surface area contributed by atoms with Gasteiger partial charge >= 0.3 is 5.97 Å². The van der Waals surface area contributed by atoms with Gasteiger partial charge in [0.1, 0.15) is 5.54 Å². The van der Waals surface area contributed by atoms with E-state index < -0.39 is 16.9 Å². The van der Waals surface area contributed by atoms with E-state index in [9.17, 15) is 14.7 Å². The van der Waals surface area contributed by atoms with Gasteiger partial charge in [-0.25, -0.2) is 4.79 Å². The summed E-state index contributed by atoms with van der Waals surface area (Å²) in [6.07, 6.45) is 2.88. The number of rotatable bonds is 6. The molecule has 18 heavy (non-hydrogen) atoms. The van der Waals surface area contributed by atoms with Crippen LogP contribution in [0.3, 0.4) is 0 Å². The monoisotopic (exact) mass is 256 g/mol. The van der Waals surface area contributed by atoms with Gasteiger partial charge in [-0.05, 0) is 32.7 Å². The minimum absolute atomic E-state index is 0.124. The highest BCUT2D eigenvalue weighted by atomic mass is 16.4. The Balaban J connectivity index is 2.82. The summed E-state index contributed by atoms with van der Waals surface area (Å²) in [6, 6.07) is 0. The molecule has 2 atom stereocenters. The fourth-order valence-corrected chi connectivity index (χ4v) is 2.42. The Bertz CT molecular complexity index is 324. The number of aliphatic carboxylic acids is 1. The fourth-order valence-electron chi connectivity index (χ4n) is 2.42. The summed E-state index contributed by atoms with van der Waals surface area (Å²) in [6.45, 7) is 6.85. The van der Waals surface area contributed by atoms with E-state index >= 15 is 0 Å². The largest absolute Gasteiger partial charge is 0.480 e. The van der Waals surface area contributed by atoms with Gasteiger partial charge in [0, 0.05) is 6.54 Å². The molecular weight excluding hydrogens is 232 g/mol. The average molecular weight is 256 g/mol. The molecule has 0 radical (unpaired) electrons. The van der Waals surface area contributed by atoms with Crippen molar-refractivity contribution in [3.63, 3.8) is 0 Å². The van der Waals surface area contributed by atoms with E-state index in [0.717, 1.165) is 25.8 Å². The second-order valence-electron chi connectivity index (χ2n) is 5.40. The number of hydrogen-bond acceptors (Lipinski definition) is 3. The van der Waals surface area contributed by atoms with E-state index in [2.05, 4.69) is 10.6 Å². The lowest BCUT2D eigenvalue weighted by atomic mass is 9.80. The van der Waals surface area contributed by atoms with E-state index in [1.54, 1.807) is 13.8 Å². The lowest BCUT2D eigenvalue weighted by molar-refractivity contribution is -0.149. The first-order chi connectivity index (χ1) is 8.40. The van der Waals surface area contributed by atoms with Crippen molar-refractivity contribution in [3.8, 4) is 0 Å². The van der Waals surface area contributed by atoms with Gasteiger partial charge in [0.25, 0.3) is 0 Å². The van der Waals surface area contributed by atoms with E-state index in [0.29, 0.717) is 13.0 Å².